The van der Waals surface area contributed by atoms with Crippen molar-refractivity contribution in [3.05, 3.63) is 29.0 Å². The molecule has 1 aromatic rings. The molecule has 1 spiro atoms. The number of piperidine rings is 1. The topological polar surface area (TPSA) is 71.0 Å². The summed E-state index contributed by atoms with van der Waals surface area (Å²) < 4.78 is 24.5. The number of carbonyl (C=O) groups is 1. The second-order valence-corrected chi connectivity index (χ2v) is 9.84. The lowest BCUT2D eigenvalue weighted by Gasteiger charge is -2.49. The zero-order valence-corrected chi connectivity index (χ0v) is 18.9. The van der Waals surface area contributed by atoms with Gasteiger partial charge in [0.1, 0.15) is 30.5 Å². The fourth-order valence-corrected chi connectivity index (χ4v) is 5.62. The van der Waals surface area contributed by atoms with Crippen LogP contribution in [0.1, 0.15) is 46.0 Å². The third-order valence-corrected chi connectivity index (χ3v) is 7.71. The van der Waals surface area contributed by atoms with Crippen molar-refractivity contribution in [3.63, 3.8) is 0 Å². The van der Waals surface area contributed by atoms with Crippen molar-refractivity contribution in [3.8, 4) is 5.75 Å². The quantitative estimate of drug-likeness (QED) is 0.646. The number of aliphatic hydroxyl groups excluding tert-OH is 1. The van der Waals surface area contributed by atoms with Crippen LogP contribution in [0, 0.1) is 23.6 Å². The predicted molar refractivity (Wildman–Crippen MR) is 116 cm³/mol. The van der Waals surface area contributed by atoms with Gasteiger partial charge in [-0.15, -0.1) is 0 Å². The smallest absolute Gasteiger partial charge is 0.407 e. The monoisotopic (exact) mass is 454 g/mol. The summed E-state index contributed by atoms with van der Waals surface area (Å²) >= 11 is 6.13. The molecule has 0 bridgehead atoms. The van der Waals surface area contributed by atoms with Crippen molar-refractivity contribution in [2.75, 3.05) is 19.7 Å². The van der Waals surface area contributed by atoms with Gasteiger partial charge in [-0.05, 0) is 68.1 Å². The fraction of sp³-hybridized carbons (Fsp3) is 0.696. The number of rotatable bonds is 7. The number of hydrogen-bond donors (Lipinski definition) is 2. The summed E-state index contributed by atoms with van der Waals surface area (Å²) in [5.74, 6) is 1.02. The van der Waals surface area contributed by atoms with Crippen molar-refractivity contribution in [1.82, 2.24) is 10.2 Å². The van der Waals surface area contributed by atoms with E-state index in [0.29, 0.717) is 29.2 Å². The number of halogens is 2. The van der Waals surface area contributed by atoms with Gasteiger partial charge < -0.3 is 19.9 Å². The predicted octanol–water partition coefficient (Wildman–Crippen LogP) is 4.19. The maximum absolute atomic E-state index is 13.3. The SMILES string of the molecule is CCC(Oc1ccc(F)cc1Cl)C1CCN(C(O)C(C)C2CC3(COC(=O)N3)C2)CC1. The van der Waals surface area contributed by atoms with Gasteiger partial charge in [0, 0.05) is 13.1 Å². The summed E-state index contributed by atoms with van der Waals surface area (Å²) in [5, 5.41) is 14.2. The molecule has 4 rings (SSSR count). The number of alkyl carbamates (subject to hydrolysis) is 1. The number of likely N-dealkylation sites (tertiary alicyclic amines) is 1. The highest BCUT2D eigenvalue weighted by Gasteiger charge is 2.52. The minimum absolute atomic E-state index is 0.0112. The van der Waals surface area contributed by atoms with E-state index >= 15 is 0 Å². The molecule has 2 aliphatic heterocycles. The van der Waals surface area contributed by atoms with Crippen LogP contribution in [0.25, 0.3) is 0 Å². The van der Waals surface area contributed by atoms with Crippen LogP contribution in [0.3, 0.4) is 0 Å². The van der Waals surface area contributed by atoms with Gasteiger partial charge in [0.2, 0.25) is 0 Å². The minimum Gasteiger partial charge on any atom is -0.489 e. The maximum atomic E-state index is 13.3. The van der Waals surface area contributed by atoms with Crippen LogP contribution in [-0.2, 0) is 4.74 Å². The Hall–Kier alpha value is -1.57. The lowest BCUT2D eigenvalue weighted by Crippen LogP contribution is -2.58. The first kappa shape index (κ1) is 22.6. The van der Waals surface area contributed by atoms with E-state index in [1.54, 1.807) is 6.07 Å². The molecule has 6 nitrogen and oxygen atoms in total. The summed E-state index contributed by atoms with van der Waals surface area (Å²) in [4.78, 5) is 13.5. The summed E-state index contributed by atoms with van der Waals surface area (Å²) in [6.07, 6.45) is 3.61. The van der Waals surface area contributed by atoms with E-state index in [9.17, 15) is 14.3 Å². The molecule has 8 heteroatoms. The van der Waals surface area contributed by atoms with Crippen molar-refractivity contribution >= 4 is 17.7 Å². The Labute approximate surface area is 188 Å². The second-order valence-electron chi connectivity index (χ2n) is 9.44. The number of aliphatic hydroxyl groups is 1. The molecule has 1 amide bonds. The first-order chi connectivity index (χ1) is 14.8. The van der Waals surface area contributed by atoms with Gasteiger partial charge in [-0.2, -0.15) is 0 Å². The van der Waals surface area contributed by atoms with Gasteiger partial charge >= 0.3 is 6.09 Å². The second kappa shape index (κ2) is 9.12. The third kappa shape index (κ3) is 4.78. The van der Waals surface area contributed by atoms with E-state index in [-0.39, 0.29) is 29.5 Å². The Morgan fingerprint density at radius 1 is 1.35 bits per heavy atom. The van der Waals surface area contributed by atoms with Crippen molar-refractivity contribution in [2.24, 2.45) is 17.8 Å². The highest BCUT2D eigenvalue weighted by atomic mass is 35.5. The number of hydrogen-bond acceptors (Lipinski definition) is 5. The number of amides is 1. The number of nitrogens with zero attached hydrogens (tertiary/aromatic N) is 1. The fourth-order valence-electron chi connectivity index (χ4n) is 5.41. The molecule has 2 N–H and O–H groups in total. The molecule has 172 valence electrons. The zero-order valence-electron chi connectivity index (χ0n) is 18.2. The van der Waals surface area contributed by atoms with E-state index < -0.39 is 6.23 Å². The van der Waals surface area contributed by atoms with Crippen molar-refractivity contribution in [2.45, 2.75) is 63.8 Å². The molecule has 3 atom stereocenters. The minimum atomic E-state index is -0.492. The van der Waals surface area contributed by atoms with Gasteiger partial charge in [-0.1, -0.05) is 25.4 Å². The normalized spacial score (nSPS) is 29.7. The molecule has 3 unspecified atom stereocenters. The van der Waals surface area contributed by atoms with Gasteiger partial charge in [-0.3, -0.25) is 4.90 Å². The molecule has 1 aliphatic carbocycles. The van der Waals surface area contributed by atoms with Crippen LogP contribution in [0.2, 0.25) is 5.02 Å². The van der Waals surface area contributed by atoms with Crippen LogP contribution in [-0.4, -0.2) is 53.7 Å². The van der Waals surface area contributed by atoms with Gasteiger partial charge in [0.15, 0.2) is 0 Å². The summed E-state index contributed by atoms with van der Waals surface area (Å²) in [6.45, 7) is 6.24. The first-order valence-electron chi connectivity index (χ1n) is 11.3. The molecule has 2 heterocycles. The van der Waals surface area contributed by atoms with E-state index in [1.807, 2.05) is 0 Å². The number of nitrogens with one attached hydrogen (secondary N) is 1. The van der Waals surface area contributed by atoms with Crippen LogP contribution < -0.4 is 10.1 Å². The number of benzene rings is 1. The molecule has 1 saturated carbocycles. The van der Waals surface area contributed by atoms with Gasteiger partial charge in [-0.25, -0.2) is 9.18 Å². The number of cyclic esters (lactones) is 1. The molecule has 1 aromatic carbocycles. The van der Waals surface area contributed by atoms with Crippen LogP contribution in [0.5, 0.6) is 5.75 Å². The van der Waals surface area contributed by atoms with Crippen LogP contribution >= 0.6 is 11.6 Å². The Balaban J connectivity index is 1.27. The maximum Gasteiger partial charge on any atom is 0.407 e. The van der Waals surface area contributed by atoms with E-state index in [2.05, 4.69) is 24.1 Å². The largest absolute Gasteiger partial charge is 0.489 e. The number of carbonyl (C=O) groups excluding carboxylic acids is 1. The molecule has 3 aliphatic rings. The van der Waals surface area contributed by atoms with E-state index in [4.69, 9.17) is 21.1 Å². The third-order valence-electron chi connectivity index (χ3n) is 7.42. The van der Waals surface area contributed by atoms with Crippen LogP contribution in [0.4, 0.5) is 9.18 Å². The zero-order chi connectivity index (χ0) is 22.2. The first-order valence-corrected chi connectivity index (χ1v) is 11.7. The highest BCUT2D eigenvalue weighted by Crippen LogP contribution is 2.45. The molecule has 3 fully saturated rings. The summed E-state index contributed by atoms with van der Waals surface area (Å²) in [7, 11) is 0. The molecule has 31 heavy (non-hydrogen) atoms. The molecular formula is C23H32ClFN2O4. The van der Waals surface area contributed by atoms with E-state index in [1.165, 1.54) is 12.1 Å². The lowest BCUT2D eigenvalue weighted by molar-refractivity contribution is -0.0939. The van der Waals surface area contributed by atoms with Gasteiger partial charge in [0.05, 0.1) is 10.6 Å². The van der Waals surface area contributed by atoms with Crippen molar-refractivity contribution in [1.29, 1.82) is 0 Å². The Bertz CT molecular complexity index is 796. The van der Waals surface area contributed by atoms with E-state index in [0.717, 1.165) is 45.2 Å². The molecule has 0 aromatic heterocycles. The molecule has 0 radical (unpaired) electrons. The van der Waals surface area contributed by atoms with Gasteiger partial charge in [0.25, 0.3) is 0 Å². The van der Waals surface area contributed by atoms with Crippen molar-refractivity contribution < 1.29 is 23.8 Å². The molecule has 2 saturated heterocycles. The Kier molecular flexibility index (Phi) is 6.65. The summed E-state index contributed by atoms with van der Waals surface area (Å²) in [6, 6.07) is 4.23. The van der Waals surface area contributed by atoms with Crippen LogP contribution in [0.15, 0.2) is 18.2 Å². The standard InChI is InChI=1S/C23H32ClFN2O4/c1-3-19(31-20-5-4-17(25)10-18(20)24)15-6-8-27(9-7-15)21(28)14(2)16-11-23(12-16)13-30-22(29)26-23/h4-5,10,14-16,19,21,28H,3,6-9,11-13H2,1-2H3,(H,26,29). The highest BCUT2D eigenvalue weighted by molar-refractivity contribution is 6.32. The average molecular weight is 455 g/mol. The Morgan fingerprint density at radius 3 is 2.65 bits per heavy atom. The summed E-state index contributed by atoms with van der Waals surface area (Å²) in [5.41, 5.74) is -0.212. The number of ether oxygens (including phenoxy) is 2. The molecular weight excluding hydrogens is 423 g/mol. The average Bonchev–Trinajstić information content (AvgIpc) is 3.13. The Morgan fingerprint density at radius 2 is 2.06 bits per heavy atom. The lowest BCUT2D eigenvalue weighted by atomic mass is 9.63.